The third kappa shape index (κ3) is 5.09. The first-order chi connectivity index (χ1) is 13.6. The van der Waals surface area contributed by atoms with Crippen LogP contribution >= 0.6 is 0 Å². The summed E-state index contributed by atoms with van der Waals surface area (Å²) < 4.78 is 27.6. The van der Waals surface area contributed by atoms with E-state index < -0.39 is 27.4 Å². The van der Waals surface area contributed by atoms with Crippen molar-refractivity contribution in [1.82, 2.24) is 8.87 Å². The van der Waals surface area contributed by atoms with Gasteiger partial charge in [-0.25, -0.2) is 8.42 Å². The summed E-state index contributed by atoms with van der Waals surface area (Å²) in [5, 5.41) is 2.62. The van der Waals surface area contributed by atoms with Crippen LogP contribution in [0.3, 0.4) is 0 Å². The van der Waals surface area contributed by atoms with Gasteiger partial charge in [0.15, 0.2) is 0 Å². The number of nitrogens with one attached hydrogen (secondary N) is 1. The Morgan fingerprint density at radius 3 is 2.34 bits per heavy atom. The number of amides is 2. The van der Waals surface area contributed by atoms with Crippen molar-refractivity contribution in [2.45, 2.75) is 32.2 Å². The van der Waals surface area contributed by atoms with Gasteiger partial charge in [0.05, 0.1) is 4.90 Å². The number of carbonyl (C=O) groups excluding carboxylic acids is 2. The number of nitrogens with two attached hydrogens (primary N) is 1. The lowest BCUT2D eigenvalue weighted by atomic mass is 10.1. The highest BCUT2D eigenvalue weighted by atomic mass is 32.2. The van der Waals surface area contributed by atoms with Crippen LogP contribution in [0.4, 0.5) is 5.69 Å². The number of benzene rings is 1. The molecule has 0 unspecified atom stereocenters. The summed E-state index contributed by atoms with van der Waals surface area (Å²) in [6.07, 6.45) is 1.16. The van der Waals surface area contributed by atoms with Gasteiger partial charge >= 0.3 is 0 Å². The number of aryl methyl sites for hydroxylation is 1. The summed E-state index contributed by atoms with van der Waals surface area (Å²) in [4.78, 5) is 35.7. The number of hydrogen-bond donors (Lipinski definition) is 2. The Bertz CT molecular complexity index is 1090. The molecule has 0 aliphatic heterocycles. The second-order valence-corrected chi connectivity index (χ2v) is 8.30. The molecule has 2 amide bonds. The zero-order valence-electron chi connectivity index (χ0n) is 16.5. The number of hydrogen-bond acceptors (Lipinski definition) is 5. The molecule has 156 valence electrons. The molecule has 0 aliphatic carbocycles. The van der Waals surface area contributed by atoms with E-state index in [4.69, 9.17) is 5.73 Å². The third-order valence-electron chi connectivity index (χ3n) is 4.39. The Morgan fingerprint density at radius 1 is 1.14 bits per heavy atom. The maximum atomic E-state index is 12.6. The molecule has 10 heteroatoms. The van der Waals surface area contributed by atoms with Crippen molar-refractivity contribution in [1.29, 1.82) is 0 Å². The highest BCUT2D eigenvalue weighted by Crippen LogP contribution is 2.16. The van der Waals surface area contributed by atoms with E-state index in [0.29, 0.717) is 29.9 Å². The first-order valence-electron chi connectivity index (χ1n) is 9.01. The molecule has 0 radical (unpaired) electrons. The molecule has 1 heterocycles. The predicted octanol–water partition coefficient (Wildman–Crippen LogP) is 0.925. The highest BCUT2D eigenvalue weighted by molar-refractivity contribution is 7.89. The van der Waals surface area contributed by atoms with Crippen molar-refractivity contribution >= 4 is 27.5 Å². The molecule has 0 atom stereocenters. The molecule has 29 heavy (non-hydrogen) atoms. The fourth-order valence-electron chi connectivity index (χ4n) is 2.87. The van der Waals surface area contributed by atoms with Gasteiger partial charge < -0.3 is 15.6 Å². The van der Waals surface area contributed by atoms with Crippen LogP contribution in [0.25, 0.3) is 0 Å². The molecule has 0 saturated heterocycles. The van der Waals surface area contributed by atoms with E-state index in [1.54, 1.807) is 26.8 Å². The van der Waals surface area contributed by atoms with Crippen molar-refractivity contribution in [2.75, 3.05) is 18.4 Å². The smallest absolute Gasteiger partial charge is 0.251 e. The monoisotopic (exact) mass is 420 g/mol. The van der Waals surface area contributed by atoms with Gasteiger partial charge in [-0.2, -0.15) is 4.31 Å². The summed E-state index contributed by atoms with van der Waals surface area (Å²) >= 11 is 0. The van der Waals surface area contributed by atoms with E-state index in [1.807, 2.05) is 0 Å². The minimum Gasteiger partial charge on any atom is -0.366 e. The maximum absolute atomic E-state index is 12.6. The zero-order chi connectivity index (χ0) is 21.8. The Kier molecular flexibility index (Phi) is 6.93. The molecule has 3 N–H and O–H groups in total. The normalized spacial score (nSPS) is 11.4. The summed E-state index contributed by atoms with van der Waals surface area (Å²) in [5.41, 5.74) is 6.12. The fourth-order valence-corrected chi connectivity index (χ4v) is 4.35. The molecule has 2 aromatic rings. The quantitative estimate of drug-likeness (QED) is 0.656. The summed E-state index contributed by atoms with van der Waals surface area (Å²) in [6.45, 7) is 5.34. The van der Waals surface area contributed by atoms with Crippen LogP contribution < -0.4 is 16.6 Å². The first-order valence-corrected chi connectivity index (χ1v) is 10.4. The van der Waals surface area contributed by atoms with Crippen LogP contribution in [0.2, 0.25) is 0 Å². The van der Waals surface area contributed by atoms with Crippen molar-refractivity contribution in [3.63, 3.8) is 0 Å². The second-order valence-electron chi connectivity index (χ2n) is 6.36. The number of rotatable bonds is 8. The SMILES string of the molecule is CCN(CC)S(=O)(=O)c1ccc(=O)n(CC(=O)Nc2ccc(C(N)=O)c(C)c2)c1. The number of pyridine rings is 1. The minimum atomic E-state index is -3.76. The van der Waals surface area contributed by atoms with Gasteiger partial charge in [0.2, 0.25) is 21.8 Å². The van der Waals surface area contributed by atoms with Crippen LogP contribution in [0.1, 0.15) is 29.8 Å². The topological polar surface area (TPSA) is 132 Å². The Morgan fingerprint density at radius 2 is 1.79 bits per heavy atom. The average Bonchev–Trinajstić information content (AvgIpc) is 2.63. The van der Waals surface area contributed by atoms with Crippen LogP contribution in [0, 0.1) is 6.92 Å². The number of sulfonamides is 1. The number of primary amides is 1. The van der Waals surface area contributed by atoms with Crippen molar-refractivity contribution in [3.8, 4) is 0 Å². The van der Waals surface area contributed by atoms with Crippen LogP contribution in [0.15, 0.2) is 46.2 Å². The van der Waals surface area contributed by atoms with E-state index in [2.05, 4.69) is 5.32 Å². The van der Waals surface area contributed by atoms with Crippen LogP contribution in [-0.2, 0) is 21.4 Å². The number of carbonyl (C=O) groups is 2. The molecule has 0 saturated carbocycles. The van der Waals surface area contributed by atoms with Crippen molar-refractivity contribution < 1.29 is 18.0 Å². The Hall–Kier alpha value is -2.98. The average molecular weight is 420 g/mol. The zero-order valence-corrected chi connectivity index (χ0v) is 17.3. The molecule has 2 rings (SSSR count). The summed E-state index contributed by atoms with van der Waals surface area (Å²) in [6, 6.07) is 6.96. The first kappa shape index (κ1) is 22.3. The van der Waals surface area contributed by atoms with Gasteiger partial charge in [-0.05, 0) is 36.8 Å². The standard InChI is InChI=1S/C19H24N4O5S/c1-4-23(5-2)29(27,28)15-7-9-18(25)22(11-15)12-17(24)21-14-6-8-16(19(20)26)13(3)10-14/h6-11H,4-5,12H2,1-3H3,(H2,20,26)(H,21,24). The molecular formula is C19H24N4O5S. The van der Waals surface area contributed by atoms with Gasteiger partial charge in [0.25, 0.3) is 5.56 Å². The van der Waals surface area contributed by atoms with Gasteiger partial charge in [-0.3, -0.25) is 14.4 Å². The van der Waals surface area contributed by atoms with Crippen LogP contribution in [0.5, 0.6) is 0 Å². The number of aromatic nitrogens is 1. The Labute approximate surface area is 169 Å². The second kappa shape index (κ2) is 9.01. The Balaban J connectivity index is 2.24. The maximum Gasteiger partial charge on any atom is 0.251 e. The summed E-state index contributed by atoms with van der Waals surface area (Å²) in [5.74, 6) is -1.09. The van der Waals surface area contributed by atoms with Gasteiger partial charge in [-0.15, -0.1) is 0 Å². The molecule has 0 aliphatic rings. The fraction of sp³-hybridized carbons (Fsp3) is 0.316. The highest BCUT2D eigenvalue weighted by Gasteiger charge is 2.22. The minimum absolute atomic E-state index is 0.0599. The van der Waals surface area contributed by atoms with Gasteiger partial charge in [0, 0.05) is 36.6 Å². The van der Waals surface area contributed by atoms with E-state index in [-0.39, 0.29) is 11.4 Å². The third-order valence-corrected chi connectivity index (χ3v) is 6.42. The van der Waals surface area contributed by atoms with Crippen molar-refractivity contribution in [3.05, 3.63) is 58.0 Å². The largest absolute Gasteiger partial charge is 0.366 e. The molecule has 0 bridgehead atoms. The number of anilines is 1. The lowest BCUT2D eigenvalue weighted by molar-refractivity contribution is -0.116. The molecular weight excluding hydrogens is 396 g/mol. The van der Waals surface area contributed by atoms with E-state index in [1.165, 1.54) is 22.5 Å². The van der Waals surface area contributed by atoms with Crippen LogP contribution in [-0.4, -0.2) is 42.2 Å². The van der Waals surface area contributed by atoms with E-state index >= 15 is 0 Å². The summed E-state index contributed by atoms with van der Waals surface area (Å²) in [7, 11) is -3.76. The van der Waals surface area contributed by atoms with E-state index in [9.17, 15) is 22.8 Å². The van der Waals surface area contributed by atoms with E-state index in [0.717, 1.165) is 16.8 Å². The number of nitrogens with zero attached hydrogens (tertiary/aromatic N) is 2. The molecule has 1 aromatic heterocycles. The lowest BCUT2D eigenvalue weighted by Gasteiger charge is -2.19. The van der Waals surface area contributed by atoms with Gasteiger partial charge in [-0.1, -0.05) is 13.8 Å². The molecule has 1 aromatic carbocycles. The molecule has 9 nitrogen and oxygen atoms in total. The van der Waals surface area contributed by atoms with Gasteiger partial charge in [0.1, 0.15) is 6.54 Å². The van der Waals surface area contributed by atoms with Crippen molar-refractivity contribution in [2.24, 2.45) is 5.73 Å². The molecule has 0 fully saturated rings. The predicted molar refractivity (Wildman–Crippen MR) is 109 cm³/mol. The molecule has 0 spiro atoms. The lowest BCUT2D eigenvalue weighted by Crippen LogP contribution is -2.33.